The standard InChI is InChI=1S/C29H37ClN4O6S/c1-29(2,3)40-28(36)33-15-14-32-27(33)22-10-8-21(9-11-22)18-31-19-24(35)20-39-17-16-34(23-12-13-23)41(37,38)26-7-5-4-6-25(26)30/h4-11,23,31H,12-20H2,1-3H3. The molecule has 12 heteroatoms. The fourth-order valence-electron chi connectivity index (χ4n) is 4.34. The predicted molar refractivity (Wildman–Crippen MR) is 157 cm³/mol. The van der Waals surface area contributed by atoms with Gasteiger partial charge in [-0.15, -0.1) is 0 Å². The van der Waals surface area contributed by atoms with Crippen LogP contribution in [0.25, 0.3) is 0 Å². The second-order valence-corrected chi connectivity index (χ2v) is 13.3. The Morgan fingerprint density at radius 1 is 1.12 bits per heavy atom. The molecule has 1 heterocycles. The third-order valence-corrected chi connectivity index (χ3v) is 8.87. The van der Waals surface area contributed by atoms with E-state index in [-0.39, 0.29) is 48.0 Å². The number of hydrogen-bond donors (Lipinski definition) is 1. The van der Waals surface area contributed by atoms with Crippen LogP contribution in [0.1, 0.15) is 44.7 Å². The van der Waals surface area contributed by atoms with E-state index in [1.54, 1.807) is 23.1 Å². The minimum absolute atomic E-state index is 0.0650. The number of amides is 1. The first-order valence-electron chi connectivity index (χ1n) is 13.7. The van der Waals surface area contributed by atoms with Crippen molar-refractivity contribution in [3.05, 3.63) is 64.7 Å². The molecule has 10 nitrogen and oxygen atoms in total. The lowest BCUT2D eigenvalue weighted by atomic mass is 10.1. The predicted octanol–water partition coefficient (Wildman–Crippen LogP) is 3.87. The SMILES string of the molecule is CC(C)(C)OC(=O)N1CCN=C1c1ccc(CNCC(=O)COCCN(C2CC2)S(=O)(=O)c2ccccc2Cl)cc1. The van der Waals surface area contributed by atoms with E-state index in [0.717, 1.165) is 24.0 Å². The quantitative estimate of drug-likeness (QED) is 0.345. The number of nitrogens with zero attached hydrogens (tertiary/aromatic N) is 3. The number of ether oxygens (including phenoxy) is 2. The van der Waals surface area contributed by atoms with Gasteiger partial charge in [0.2, 0.25) is 10.0 Å². The van der Waals surface area contributed by atoms with Crippen LogP contribution in [0.15, 0.2) is 58.4 Å². The smallest absolute Gasteiger partial charge is 0.416 e. The first-order chi connectivity index (χ1) is 19.5. The molecule has 0 radical (unpaired) electrons. The normalized spacial score (nSPS) is 15.7. The number of Topliss-reactive ketones (excluding diaryl/α,β-unsaturated/α-hetero) is 1. The van der Waals surface area contributed by atoms with Crippen LogP contribution in [0.3, 0.4) is 0 Å². The number of halogens is 1. The molecular formula is C29H37ClN4O6S. The summed E-state index contributed by atoms with van der Waals surface area (Å²) >= 11 is 6.13. The van der Waals surface area contributed by atoms with Crippen molar-refractivity contribution < 1.29 is 27.5 Å². The van der Waals surface area contributed by atoms with Crippen molar-refractivity contribution in [1.29, 1.82) is 0 Å². The van der Waals surface area contributed by atoms with Crippen LogP contribution in [-0.2, 0) is 30.8 Å². The number of ketones is 1. The van der Waals surface area contributed by atoms with E-state index >= 15 is 0 Å². The van der Waals surface area contributed by atoms with Gasteiger partial charge in [0.05, 0.1) is 31.3 Å². The minimum atomic E-state index is -3.75. The molecule has 0 atom stereocenters. The number of amidine groups is 1. The van der Waals surface area contributed by atoms with Crippen LogP contribution >= 0.6 is 11.6 Å². The summed E-state index contributed by atoms with van der Waals surface area (Å²) in [6, 6.07) is 14.0. The third kappa shape index (κ3) is 8.59. The van der Waals surface area contributed by atoms with E-state index in [1.165, 1.54) is 10.4 Å². The summed E-state index contributed by atoms with van der Waals surface area (Å²) < 4.78 is 38.6. The maximum absolute atomic E-state index is 13.1. The molecule has 41 heavy (non-hydrogen) atoms. The lowest BCUT2D eigenvalue weighted by Gasteiger charge is -2.25. The number of aliphatic imine (C=N–C) groups is 1. The Hall–Kier alpha value is -2.83. The van der Waals surface area contributed by atoms with Gasteiger partial charge < -0.3 is 14.8 Å². The Labute approximate surface area is 246 Å². The number of hydrogen-bond acceptors (Lipinski definition) is 8. The Morgan fingerprint density at radius 2 is 1.83 bits per heavy atom. The highest BCUT2D eigenvalue weighted by Gasteiger charge is 2.38. The van der Waals surface area contributed by atoms with E-state index < -0.39 is 21.7 Å². The molecule has 222 valence electrons. The molecule has 2 aliphatic rings. The number of rotatable bonds is 13. The number of sulfonamides is 1. The Morgan fingerprint density at radius 3 is 2.49 bits per heavy atom. The summed E-state index contributed by atoms with van der Waals surface area (Å²) in [6.07, 6.45) is 1.18. The molecule has 4 rings (SSSR count). The van der Waals surface area contributed by atoms with Gasteiger partial charge in [-0.2, -0.15) is 4.31 Å². The molecule has 2 aromatic rings. The topological polar surface area (TPSA) is 118 Å². The fraction of sp³-hybridized carbons (Fsp3) is 0.483. The van der Waals surface area contributed by atoms with Crippen LogP contribution in [-0.4, -0.2) is 86.4 Å². The van der Waals surface area contributed by atoms with Gasteiger partial charge in [-0.1, -0.05) is 48.0 Å². The lowest BCUT2D eigenvalue weighted by molar-refractivity contribution is -0.122. The number of carbonyl (C=O) groups excluding carboxylic acids is 2. The highest BCUT2D eigenvalue weighted by molar-refractivity contribution is 7.89. The van der Waals surface area contributed by atoms with E-state index in [2.05, 4.69) is 10.3 Å². The third-order valence-electron chi connectivity index (χ3n) is 6.41. The van der Waals surface area contributed by atoms with Crippen molar-refractivity contribution in [1.82, 2.24) is 14.5 Å². The maximum atomic E-state index is 13.1. The van der Waals surface area contributed by atoms with Gasteiger partial charge in [0, 0.05) is 24.7 Å². The van der Waals surface area contributed by atoms with Gasteiger partial charge in [-0.3, -0.25) is 14.7 Å². The van der Waals surface area contributed by atoms with Gasteiger partial charge in [-0.25, -0.2) is 13.2 Å². The van der Waals surface area contributed by atoms with Crippen molar-refractivity contribution in [2.24, 2.45) is 4.99 Å². The highest BCUT2D eigenvalue weighted by Crippen LogP contribution is 2.33. The zero-order valence-corrected chi connectivity index (χ0v) is 25.2. The molecule has 0 bridgehead atoms. The van der Waals surface area contributed by atoms with Crippen LogP contribution in [0.2, 0.25) is 5.02 Å². The molecule has 0 unspecified atom stereocenters. The first-order valence-corrected chi connectivity index (χ1v) is 15.5. The summed E-state index contributed by atoms with van der Waals surface area (Å²) in [5, 5.41) is 3.29. The van der Waals surface area contributed by atoms with Gasteiger partial charge >= 0.3 is 6.09 Å². The van der Waals surface area contributed by atoms with Crippen LogP contribution in [0.4, 0.5) is 4.79 Å². The maximum Gasteiger partial charge on any atom is 0.416 e. The average Bonchev–Trinajstić information content (AvgIpc) is 3.62. The van der Waals surface area contributed by atoms with E-state index in [1.807, 2.05) is 45.0 Å². The minimum Gasteiger partial charge on any atom is -0.443 e. The van der Waals surface area contributed by atoms with Crippen molar-refractivity contribution in [3.63, 3.8) is 0 Å². The number of benzene rings is 2. The molecule has 0 saturated heterocycles. The molecule has 0 spiro atoms. The van der Waals surface area contributed by atoms with Gasteiger partial charge in [0.25, 0.3) is 0 Å². The summed E-state index contributed by atoms with van der Waals surface area (Å²) in [7, 11) is -3.75. The molecule has 1 fully saturated rings. The summed E-state index contributed by atoms with van der Waals surface area (Å²) in [5.41, 5.74) is 1.20. The van der Waals surface area contributed by atoms with Gasteiger partial charge in [-0.05, 0) is 51.3 Å². The van der Waals surface area contributed by atoms with Crippen LogP contribution in [0, 0.1) is 0 Å². The Bertz CT molecular complexity index is 1370. The fourth-order valence-corrected chi connectivity index (χ4v) is 6.50. The zero-order chi connectivity index (χ0) is 29.6. The van der Waals surface area contributed by atoms with Gasteiger partial charge in [0.15, 0.2) is 5.78 Å². The van der Waals surface area contributed by atoms with Crippen molar-refractivity contribution in [3.8, 4) is 0 Å². The molecular weight excluding hydrogens is 568 g/mol. The second-order valence-electron chi connectivity index (χ2n) is 11.0. The average molecular weight is 605 g/mol. The van der Waals surface area contributed by atoms with E-state index in [4.69, 9.17) is 21.1 Å². The van der Waals surface area contributed by atoms with Crippen LogP contribution < -0.4 is 5.32 Å². The lowest BCUT2D eigenvalue weighted by Crippen LogP contribution is -2.39. The number of nitrogens with one attached hydrogen (secondary N) is 1. The van der Waals surface area contributed by atoms with E-state index in [0.29, 0.717) is 25.5 Å². The first kappa shape index (κ1) is 31.1. The summed E-state index contributed by atoms with van der Waals surface area (Å²) in [5.74, 6) is 0.452. The second kappa shape index (κ2) is 13.4. The van der Waals surface area contributed by atoms with E-state index in [9.17, 15) is 18.0 Å². The molecule has 1 N–H and O–H groups in total. The number of carbonyl (C=O) groups is 2. The summed E-state index contributed by atoms with van der Waals surface area (Å²) in [6.45, 7) is 7.23. The zero-order valence-electron chi connectivity index (χ0n) is 23.6. The van der Waals surface area contributed by atoms with Crippen molar-refractivity contribution >= 4 is 39.3 Å². The Kier molecular flexibility index (Phi) is 10.2. The molecule has 2 aromatic carbocycles. The monoisotopic (exact) mass is 604 g/mol. The Balaban J connectivity index is 1.19. The van der Waals surface area contributed by atoms with Gasteiger partial charge in [0.1, 0.15) is 22.9 Å². The van der Waals surface area contributed by atoms with Crippen molar-refractivity contribution in [2.75, 3.05) is 39.4 Å². The molecule has 1 saturated carbocycles. The molecule has 1 aliphatic carbocycles. The largest absolute Gasteiger partial charge is 0.443 e. The van der Waals surface area contributed by atoms with Crippen LogP contribution in [0.5, 0.6) is 0 Å². The van der Waals surface area contributed by atoms with Crippen molar-refractivity contribution in [2.45, 2.75) is 56.7 Å². The molecule has 0 aromatic heterocycles. The highest BCUT2D eigenvalue weighted by atomic mass is 35.5. The molecule has 1 amide bonds. The molecule has 1 aliphatic heterocycles. The summed E-state index contributed by atoms with van der Waals surface area (Å²) in [4.78, 5) is 30.9.